The first kappa shape index (κ1) is 38.1. The van der Waals surface area contributed by atoms with Crippen LogP contribution in [0.4, 0.5) is 0 Å². The maximum Gasteiger partial charge on any atom is 0.0997 e. The number of hydrogen-bond acceptors (Lipinski definition) is 7. The molecule has 0 spiro atoms. The number of aromatic nitrogens is 2. The molecule has 43 heavy (non-hydrogen) atoms. The Bertz CT molecular complexity index is 810. The lowest BCUT2D eigenvalue weighted by Crippen LogP contribution is -2.12. The number of rotatable bonds is 32. The SMILES string of the molecule is CCCCCCCCCCCOCCOCCc1nc2cscc2nc1CCOCCOCCCCCCCCCCC. The summed E-state index contributed by atoms with van der Waals surface area (Å²) < 4.78 is 23.3. The van der Waals surface area contributed by atoms with Gasteiger partial charge < -0.3 is 18.9 Å². The van der Waals surface area contributed by atoms with E-state index in [1.807, 2.05) is 0 Å². The highest BCUT2D eigenvalue weighted by Gasteiger charge is 2.10. The molecule has 0 saturated heterocycles. The summed E-state index contributed by atoms with van der Waals surface area (Å²) in [4.78, 5) is 9.77. The number of nitrogens with zero attached hydrogens (tertiary/aromatic N) is 2. The molecule has 7 heteroatoms. The fourth-order valence-electron chi connectivity index (χ4n) is 5.28. The van der Waals surface area contributed by atoms with Crippen LogP contribution in [0.2, 0.25) is 0 Å². The molecule has 6 nitrogen and oxygen atoms in total. The van der Waals surface area contributed by atoms with Crippen molar-refractivity contribution in [3.63, 3.8) is 0 Å². The molecule has 0 aliphatic heterocycles. The monoisotopic (exact) mass is 620 g/mol. The van der Waals surface area contributed by atoms with Crippen molar-refractivity contribution in [1.29, 1.82) is 0 Å². The minimum absolute atomic E-state index is 0.628. The first-order chi connectivity index (χ1) is 21.3. The molecule has 0 saturated carbocycles. The van der Waals surface area contributed by atoms with Gasteiger partial charge in [0, 0.05) is 36.8 Å². The standard InChI is InChI=1S/C36H64N2O4S/c1-3-5-7-9-11-13-15-17-19-23-39-27-29-41-25-21-33-34(38-36-32-43-31-35(36)37-33)22-26-42-30-28-40-24-20-18-16-14-12-10-8-6-4-2/h31-32H,3-30H2,1-2H3. The van der Waals surface area contributed by atoms with Crippen LogP contribution in [-0.2, 0) is 31.8 Å². The van der Waals surface area contributed by atoms with Gasteiger partial charge in [0.25, 0.3) is 0 Å². The molecule has 2 heterocycles. The van der Waals surface area contributed by atoms with Crippen LogP contribution in [0.15, 0.2) is 10.8 Å². The number of unbranched alkanes of at least 4 members (excludes halogenated alkanes) is 16. The zero-order valence-corrected chi connectivity index (χ0v) is 28.7. The summed E-state index contributed by atoms with van der Waals surface area (Å²) in [5.41, 5.74) is 3.98. The normalized spacial score (nSPS) is 11.7. The molecule has 2 aromatic rings. The Labute approximate surface area is 268 Å². The van der Waals surface area contributed by atoms with Crippen molar-refractivity contribution in [3.8, 4) is 0 Å². The number of ether oxygens (including phenoxy) is 4. The van der Waals surface area contributed by atoms with E-state index in [2.05, 4.69) is 24.6 Å². The third-order valence-electron chi connectivity index (χ3n) is 7.96. The highest BCUT2D eigenvalue weighted by Crippen LogP contribution is 2.18. The van der Waals surface area contributed by atoms with Gasteiger partial charge in [-0.25, -0.2) is 9.97 Å². The minimum atomic E-state index is 0.628. The lowest BCUT2D eigenvalue weighted by atomic mass is 10.1. The summed E-state index contributed by atoms with van der Waals surface area (Å²) >= 11 is 1.65. The molecule has 0 aromatic carbocycles. The Morgan fingerprint density at radius 3 is 1.12 bits per heavy atom. The molecule has 0 N–H and O–H groups in total. The molecule has 0 aliphatic carbocycles. The molecule has 0 fully saturated rings. The van der Waals surface area contributed by atoms with Gasteiger partial charge in [-0.3, -0.25) is 0 Å². The van der Waals surface area contributed by atoms with Crippen LogP contribution in [0.1, 0.15) is 141 Å². The predicted molar refractivity (Wildman–Crippen MR) is 183 cm³/mol. The maximum absolute atomic E-state index is 5.87. The van der Waals surface area contributed by atoms with Gasteiger partial charge in [0.05, 0.1) is 62.1 Å². The van der Waals surface area contributed by atoms with Crippen LogP contribution in [0, 0.1) is 0 Å². The van der Waals surface area contributed by atoms with E-state index in [1.165, 1.54) is 103 Å². The van der Waals surface area contributed by atoms with Crippen molar-refractivity contribution in [2.24, 2.45) is 0 Å². The van der Waals surface area contributed by atoms with E-state index in [1.54, 1.807) is 11.3 Å². The fraction of sp³-hybridized carbons (Fsp3) is 0.833. The van der Waals surface area contributed by atoms with Crippen molar-refractivity contribution >= 4 is 22.4 Å². The molecule has 248 valence electrons. The van der Waals surface area contributed by atoms with E-state index < -0.39 is 0 Å². The summed E-state index contributed by atoms with van der Waals surface area (Å²) in [6.45, 7) is 10.1. The number of thiophene rings is 1. The predicted octanol–water partition coefficient (Wildman–Crippen LogP) is 9.90. The molecule has 0 aliphatic rings. The van der Waals surface area contributed by atoms with Gasteiger partial charge in [-0.15, -0.1) is 11.3 Å². The largest absolute Gasteiger partial charge is 0.379 e. The third-order valence-corrected chi connectivity index (χ3v) is 8.68. The second-order valence-electron chi connectivity index (χ2n) is 11.9. The molecule has 0 radical (unpaired) electrons. The van der Waals surface area contributed by atoms with Gasteiger partial charge in [-0.05, 0) is 12.8 Å². The van der Waals surface area contributed by atoms with Gasteiger partial charge in [0.15, 0.2) is 0 Å². The average molecular weight is 621 g/mol. The van der Waals surface area contributed by atoms with Gasteiger partial charge in [-0.1, -0.05) is 117 Å². The topological polar surface area (TPSA) is 62.7 Å². The Balaban J connectivity index is 1.47. The van der Waals surface area contributed by atoms with E-state index >= 15 is 0 Å². The van der Waals surface area contributed by atoms with Gasteiger partial charge in [0.1, 0.15) is 0 Å². The molecule has 0 atom stereocenters. The fourth-order valence-corrected chi connectivity index (χ4v) is 5.96. The van der Waals surface area contributed by atoms with Gasteiger partial charge in [0.2, 0.25) is 0 Å². The summed E-state index contributed by atoms with van der Waals surface area (Å²) in [6.07, 6.45) is 25.6. The minimum Gasteiger partial charge on any atom is -0.379 e. The molecule has 2 aromatic heterocycles. The van der Waals surface area contributed by atoms with Crippen molar-refractivity contribution in [2.45, 2.75) is 142 Å². The van der Waals surface area contributed by atoms with Crippen LogP contribution in [0.5, 0.6) is 0 Å². The summed E-state index contributed by atoms with van der Waals surface area (Å²) in [5.74, 6) is 0. The Kier molecular flexibility index (Phi) is 25.1. The lowest BCUT2D eigenvalue weighted by Gasteiger charge is -2.10. The molecule has 0 amide bonds. The summed E-state index contributed by atoms with van der Waals surface area (Å²) in [5, 5.41) is 4.14. The van der Waals surface area contributed by atoms with Gasteiger partial charge >= 0.3 is 0 Å². The number of fused-ring (bicyclic) bond motifs is 1. The first-order valence-corrected chi connectivity index (χ1v) is 18.8. The van der Waals surface area contributed by atoms with Crippen LogP contribution < -0.4 is 0 Å². The summed E-state index contributed by atoms with van der Waals surface area (Å²) in [6, 6.07) is 0. The van der Waals surface area contributed by atoms with Crippen molar-refractivity contribution in [3.05, 3.63) is 22.1 Å². The van der Waals surface area contributed by atoms with Crippen molar-refractivity contribution in [2.75, 3.05) is 52.9 Å². The first-order valence-electron chi connectivity index (χ1n) is 17.9. The average Bonchev–Trinajstić information content (AvgIpc) is 3.48. The van der Waals surface area contributed by atoms with E-state index in [0.717, 1.165) is 61.3 Å². The van der Waals surface area contributed by atoms with E-state index in [0.29, 0.717) is 39.6 Å². The zero-order chi connectivity index (χ0) is 30.5. The van der Waals surface area contributed by atoms with Gasteiger partial charge in [-0.2, -0.15) is 0 Å². The molecular formula is C36H64N2O4S. The second kappa shape index (κ2) is 28.4. The molecular weight excluding hydrogens is 556 g/mol. The Morgan fingerprint density at radius 2 is 0.744 bits per heavy atom. The van der Waals surface area contributed by atoms with E-state index in [9.17, 15) is 0 Å². The third kappa shape index (κ3) is 20.5. The highest BCUT2D eigenvalue weighted by molar-refractivity contribution is 7.09. The van der Waals surface area contributed by atoms with Crippen molar-refractivity contribution in [1.82, 2.24) is 9.97 Å². The second-order valence-corrected chi connectivity index (χ2v) is 12.6. The lowest BCUT2D eigenvalue weighted by molar-refractivity contribution is 0.0459. The van der Waals surface area contributed by atoms with Crippen LogP contribution in [0.3, 0.4) is 0 Å². The smallest absolute Gasteiger partial charge is 0.0997 e. The maximum atomic E-state index is 5.87. The van der Waals surface area contributed by atoms with Crippen LogP contribution >= 0.6 is 11.3 Å². The zero-order valence-electron chi connectivity index (χ0n) is 27.9. The number of hydrogen-bond donors (Lipinski definition) is 0. The van der Waals surface area contributed by atoms with Crippen LogP contribution in [-0.4, -0.2) is 62.8 Å². The Morgan fingerprint density at radius 1 is 0.419 bits per heavy atom. The Hall–Kier alpha value is -1.12. The van der Waals surface area contributed by atoms with E-state index in [-0.39, 0.29) is 0 Å². The van der Waals surface area contributed by atoms with Crippen molar-refractivity contribution < 1.29 is 18.9 Å². The quantitative estimate of drug-likeness (QED) is 0.0759. The highest BCUT2D eigenvalue weighted by atomic mass is 32.1. The molecule has 0 bridgehead atoms. The van der Waals surface area contributed by atoms with E-state index in [4.69, 9.17) is 28.9 Å². The summed E-state index contributed by atoms with van der Waals surface area (Å²) in [7, 11) is 0. The molecule has 0 unspecified atom stereocenters. The molecule has 2 rings (SSSR count). The van der Waals surface area contributed by atoms with Crippen LogP contribution in [0.25, 0.3) is 11.0 Å².